The van der Waals surface area contributed by atoms with Gasteiger partial charge < -0.3 is 10.6 Å². The fourth-order valence-corrected chi connectivity index (χ4v) is 3.77. The topological polar surface area (TPSA) is 64.7 Å². The molecule has 0 aromatic heterocycles. The van der Waals surface area contributed by atoms with Crippen LogP contribution in [0.4, 0.5) is 0 Å². The van der Waals surface area contributed by atoms with E-state index < -0.39 is 5.92 Å². The van der Waals surface area contributed by atoms with Crippen LogP contribution in [0.3, 0.4) is 0 Å². The van der Waals surface area contributed by atoms with Crippen LogP contribution in [0.1, 0.15) is 41.9 Å². The molecule has 2 unspecified atom stereocenters. The zero-order valence-electron chi connectivity index (χ0n) is 16.9. The first-order valence-electron chi connectivity index (χ1n) is 9.93. The zero-order chi connectivity index (χ0) is 21.3. The molecule has 0 bridgehead atoms. The van der Waals surface area contributed by atoms with Gasteiger partial charge in [-0.1, -0.05) is 84.4 Å². The van der Waals surface area contributed by atoms with Crippen molar-refractivity contribution in [2.24, 2.45) is 10.9 Å². The van der Waals surface area contributed by atoms with Crippen molar-refractivity contribution in [1.29, 1.82) is 0 Å². The summed E-state index contributed by atoms with van der Waals surface area (Å²) < 4.78 is 5.47. The summed E-state index contributed by atoms with van der Waals surface area (Å²) in [5, 5.41) is 4.70. The van der Waals surface area contributed by atoms with E-state index in [1.54, 1.807) is 0 Å². The van der Waals surface area contributed by atoms with Crippen LogP contribution < -0.4 is 5.84 Å². The highest BCUT2D eigenvalue weighted by Crippen LogP contribution is 2.38. The largest absolute Gasteiger partial charge is 0.466 e. The molecule has 154 valence electrons. The molecule has 0 aliphatic carbocycles. The van der Waals surface area contributed by atoms with Gasteiger partial charge in [0.25, 0.3) is 0 Å². The van der Waals surface area contributed by atoms with E-state index in [0.717, 1.165) is 22.4 Å². The Morgan fingerprint density at radius 1 is 0.933 bits per heavy atom. The number of rotatable bonds is 8. The number of carbonyl (C=O) groups is 1. The second-order valence-corrected chi connectivity index (χ2v) is 7.38. The summed E-state index contributed by atoms with van der Waals surface area (Å²) >= 11 is 6.12. The average molecular weight is 421 g/mol. The van der Waals surface area contributed by atoms with Crippen LogP contribution in [0.25, 0.3) is 0 Å². The molecule has 3 rings (SSSR count). The van der Waals surface area contributed by atoms with Crippen LogP contribution in [0, 0.1) is 0 Å². The molecule has 30 heavy (non-hydrogen) atoms. The van der Waals surface area contributed by atoms with Crippen LogP contribution in [-0.2, 0) is 9.53 Å². The molecule has 0 aliphatic rings. The number of carbonyl (C=O) groups excluding carboxylic acids is 1. The number of hydrogen-bond donors (Lipinski definition) is 1. The lowest BCUT2D eigenvalue weighted by Crippen LogP contribution is -2.25. The maximum Gasteiger partial charge on any atom is 0.314 e. The van der Waals surface area contributed by atoms with Crippen LogP contribution in [0.5, 0.6) is 0 Å². The predicted molar refractivity (Wildman–Crippen MR) is 122 cm³/mol. The van der Waals surface area contributed by atoms with Gasteiger partial charge in [-0.25, -0.2) is 0 Å². The van der Waals surface area contributed by atoms with Gasteiger partial charge in [0.05, 0.1) is 18.2 Å². The Labute approximate surface area is 182 Å². The summed E-state index contributed by atoms with van der Waals surface area (Å²) in [6.45, 7) is 2.13. The third-order valence-electron chi connectivity index (χ3n) is 5.08. The zero-order valence-corrected chi connectivity index (χ0v) is 17.6. The van der Waals surface area contributed by atoms with Crippen molar-refractivity contribution >= 4 is 23.3 Å². The van der Waals surface area contributed by atoms with Crippen molar-refractivity contribution in [3.8, 4) is 0 Å². The molecule has 2 N–H and O–H groups in total. The van der Waals surface area contributed by atoms with Crippen molar-refractivity contribution < 1.29 is 9.53 Å². The van der Waals surface area contributed by atoms with Gasteiger partial charge in [0.2, 0.25) is 0 Å². The summed E-state index contributed by atoms with van der Waals surface area (Å²) in [5.74, 6) is 4.77. The van der Waals surface area contributed by atoms with Gasteiger partial charge in [0.1, 0.15) is 0 Å². The van der Waals surface area contributed by atoms with Crippen LogP contribution in [0.2, 0.25) is 5.02 Å². The Morgan fingerprint density at radius 2 is 1.53 bits per heavy atom. The summed E-state index contributed by atoms with van der Waals surface area (Å²) in [4.78, 5) is 13.1. The average Bonchev–Trinajstić information content (AvgIpc) is 2.78. The lowest BCUT2D eigenvalue weighted by molar-refractivity contribution is -0.145. The van der Waals surface area contributed by atoms with Gasteiger partial charge >= 0.3 is 5.97 Å². The Balaban J connectivity index is 2.08. The SMILES string of the molecule is CCOC(=O)C(c1ccccc1)C(C/C(=N/N)c1ccccc1)c1ccc(Cl)cc1. The first kappa shape index (κ1) is 21.6. The molecular weight excluding hydrogens is 396 g/mol. The highest BCUT2D eigenvalue weighted by Gasteiger charge is 2.33. The smallest absolute Gasteiger partial charge is 0.314 e. The lowest BCUT2D eigenvalue weighted by Gasteiger charge is -2.27. The molecule has 5 heteroatoms. The van der Waals surface area contributed by atoms with Gasteiger partial charge in [-0.3, -0.25) is 4.79 Å². The van der Waals surface area contributed by atoms with E-state index in [-0.39, 0.29) is 11.9 Å². The molecule has 4 nitrogen and oxygen atoms in total. The number of esters is 1. The molecule has 0 heterocycles. The van der Waals surface area contributed by atoms with Crippen LogP contribution >= 0.6 is 11.6 Å². The quantitative estimate of drug-likeness (QED) is 0.226. The maximum absolute atomic E-state index is 13.1. The Morgan fingerprint density at radius 3 is 2.10 bits per heavy atom. The maximum atomic E-state index is 13.1. The summed E-state index contributed by atoms with van der Waals surface area (Å²) in [6.07, 6.45) is 0.473. The highest BCUT2D eigenvalue weighted by molar-refractivity contribution is 6.30. The molecule has 3 aromatic rings. The molecule has 2 atom stereocenters. The van der Waals surface area contributed by atoms with Crippen molar-refractivity contribution in [3.05, 3.63) is 107 Å². The van der Waals surface area contributed by atoms with E-state index in [9.17, 15) is 4.79 Å². The van der Waals surface area contributed by atoms with E-state index in [2.05, 4.69) is 5.10 Å². The van der Waals surface area contributed by atoms with Crippen molar-refractivity contribution in [2.75, 3.05) is 6.61 Å². The number of hydrazone groups is 1. The van der Waals surface area contributed by atoms with Crippen LogP contribution in [0.15, 0.2) is 90.0 Å². The van der Waals surface area contributed by atoms with Gasteiger partial charge in [-0.05, 0) is 35.7 Å². The molecule has 3 aromatic carbocycles. The molecular formula is C25H25ClN2O2. The highest BCUT2D eigenvalue weighted by atomic mass is 35.5. The monoisotopic (exact) mass is 420 g/mol. The molecule has 0 amide bonds. The minimum atomic E-state index is -0.507. The standard InChI is InChI=1S/C25H25ClN2O2/c1-2-30-25(29)24(20-11-7-4-8-12-20)22(18-13-15-21(26)16-14-18)17-23(28-27)19-9-5-3-6-10-19/h3-16,22,24H,2,17,27H2,1H3/b28-23-. The molecule has 0 saturated carbocycles. The minimum absolute atomic E-state index is 0.230. The molecule has 0 aliphatic heterocycles. The number of halogens is 1. The minimum Gasteiger partial charge on any atom is -0.466 e. The molecule has 0 radical (unpaired) electrons. The first-order chi connectivity index (χ1) is 14.6. The van der Waals surface area contributed by atoms with E-state index in [1.165, 1.54) is 0 Å². The second-order valence-electron chi connectivity index (χ2n) is 6.94. The van der Waals surface area contributed by atoms with E-state index in [0.29, 0.717) is 18.1 Å². The van der Waals surface area contributed by atoms with E-state index >= 15 is 0 Å². The number of hydrogen-bond acceptors (Lipinski definition) is 4. The van der Waals surface area contributed by atoms with Crippen LogP contribution in [-0.4, -0.2) is 18.3 Å². The number of benzene rings is 3. The third-order valence-corrected chi connectivity index (χ3v) is 5.33. The number of nitrogens with two attached hydrogens (primary N) is 1. The fourth-order valence-electron chi connectivity index (χ4n) is 3.65. The third kappa shape index (κ3) is 5.28. The van der Waals surface area contributed by atoms with E-state index in [1.807, 2.05) is 91.9 Å². The molecule has 0 spiro atoms. The summed E-state index contributed by atoms with van der Waals surface area (Å²) in [5.41, 5.74) is 3.51. The predicted octanol–water partition coefficient (Wildman–Crippen LogP) is 5.52. The fraction of sp³-hybridized carbons (Fsp3) is 0.200. The number of ether oxygens (including phenoxy) is 1. The molecule has 0 fully saturated rings. The van der Waals surface area contributed by atoms with Crippen molar-refractivity contribution in [3.63, 3.8) is 0 Å². The Bertz CT molecular complexity index is 973. The number of nitrogens with zero attached hydrogens (tertiary/aromatic N) is 1. The van der Waals surface area contributed by atoms with Gasteiger partial charge in [-0.2, -0.15) is 5.10 Å². The second kappa shape index (κ2) is 10.6. The van der Waals surface area contributed by atoms with Gasteiger partial charge in [0.15, 0.2) is 0 Å². The summed E-state index contributed by atoms with van der Waals surface area (Å²) in [6, 6.07) is 27.0. The van der Waals surface area contributed by atoms with Crippen molar-refractivity contribution in [2.45, 2.75) is 25.2 Å². The molecule has 0 saturated heterocycles. The lowest BCUT2D eigenvalue weighted by atomic mass is 9.77. The Kier molecular flexibility index (Phi) is 7.63. The van der Waals surface area contributed by atoms with Gasteiger partial charge in [-0.15, -0.1) is 0 Å². The first-order valence-corrected chi connectivity index (χ1v) is 10.3. The summed E-state index contributed by atoms with van der Waals surface area (Å²) in [7, 11) is 0. The van der Waals surface area contributed by atoms with Crippen molar-refractivity contribution in [1.82, 2.24) is 0 Å². The normalized spacial score (nSPS) is 13.5. The Hall–Kier alpha value is -3.11. The van der Waals surface area contributed by atoms with E-state index in [4.69, 9.17) is 22.2 Å². The van der Waals surface area contributed by atoms with Gasteiger partial charge in [0, 0.05) is 17.4 Å².